The Bertz CT molecular complexity index is 433. The topological polar surface area (TPSA) is 15.3 Å². The molecule has 106 valence electrons. The number of nitrogens with zero attached hydrogens (tertiary/aromatic N) is 1. The van der Waals surface area contributed by atoms with Crippen LogP contribution in [0, 0.1) is 11.2 Å². The molecule has 0 spiro atoms. The van der Waals surface area contributed by atoms with Crippen molar-refractivity contribution in [3.63, 3.8) is 0 Å². The molecule has 0 bridgehead atoms. The third kappa shape index (κ3) is 4.50. The van der Waals surface area contributed by atoms with Gasteiger partial charge in [0.15, 0.2) is 0 Å². The molecule has 1 aliphatic carbocycles. The second-order valence-corrected chi connectivity index (χ2v) is 6.86. The van der Waals surface area contributed by atoms with Crippen molar-refractivity contribution in [2.45, 2.75) is 46.2 Å². The fourth-order valence-electron chi connectivity index (χ4n) is 2.32. The zero-order valence-corrected chi connectivity index (χ0v) is 12.5. The lowest BCUT2D eigenvalue weighted by Crippen LogP contribution is -2.29. The number of hydrogen-bond donors (Lipinski definition) is 1. The van der Waals surface area contributed by atoms with Gasteiger partial charge in [-0.05, 0) is 36.0 Å². The molecule has 0 aromatic heterocycles. The van der Waals surface area contributed by atoms with Gasteiger partial charge in [-0.3, -0.25) is 0 Å². The summed E-state index contributed by atoms with van der Waals surface area (Å²) in [4.78, 5) is 1.99. The van der Waals surface area contributed by atoms with E-state index in [1.54, 1.807) is 6.07 Å². The van der Waals surface area contributed by atoms with E-state index in [1.807, 2.05) is 24.1 Å². The van der Waals surface area contributed by atoms with Crippen molar-refractivity contribution in [3.8, 4) is 0 Å². The van der Waals surface area contributed by atoms with Crippen molar-refractivity contribution < 1.29 is 4.39 Å². The predicted octanol–water partition coefficient (Wildman–Crippen LogP) is 3.56. The molecule has 0 atom stereocenters. The first-order valence-corrected chi connectivity index (χ1v) is 7.08. The normalized spacial score (nSPS) is 15.6. The lowest BCUT2D eigenvalue weighted by Gasteiger charge is -2.28. The molecule has 1 aliphatic rings. The van der Waals surface area contributed by atoms with Gasteiger partial charge in [-0.25, -0.2) is 4.39 Å². The lowest BCUT2D eigenvalue weighted by atomic mass is 9.96. The number of hydrogen-bond acceptors (Lipinski definition) is 2. The van der Waals surface area contributed by atoms with Gasteiger partial charge in [-0.15, -0.1) is 0 Å². The summed E-state index contributed by atoms with van der Waals surface area (Å²) in [5.41, 5.74) is 1.87. The minimum Gasteiger partial charge on any atom is -0.372 e. The molecule has 1 aromatic rings. The largest absolute Gasteiger partial charge is 0.372 e. The van der Waals surface area contributed by atoms with Crippen LogP contribution in [0.2, 0.25) is 0 Å². The number of halogens is 1. The van der Waals surface area contributed by atoms with Gasteiger partial charge in [0.1, 0.15) is 5.82 Å². The van der Waals surface area contributed by atoms with Crippen molar-refractivity contribution in [1.29, 1.82) is 0 Å². The molecule has 0 saturated heterocycles. The summed E-state index contributed by atoms with van der Waals surface area (Å²) in [6.45, 7) is 8.09. The highest BCUT2D eigenvalue weighted by atomic mass is 19.1. The Labute approximate surface area is 116 Å². The molecule has 1 saturated carbocycles. The maximum absolute atomic E-state index is 14.1. The summed E-state index contributed by atoms with van der Waals surface area (Å²) in [5.74, 6) is -0.123. The highest BCUT2D eigenvalue weighted by molar-refractivity contribution is 5.48. The van der Waals surface area contributed by atoms with E-state index in [0.717, 1.165) is 18.7 Å². The fourth-order valence-corrected chi connectivity index (χ4v) is 2.32. The molecule has 0 radical (unpaired) electrons. The first kappa shape index (κ1) is 14.3. The first-order valence-electron chi connectivity index (χ1n) is 7.08. The summed E-state index contributed by atoms with van der Waals surface area (Å²) in [6.07, 6.45) is 2.52. The average molecular weight is 264 g/mol. The van der Waals surface area contributed by atoms with Crippen LogP contribution in [-0.2, 0) is 6.54 Å². The van der Waals surface area contributed by atoms with Gasteiger partial charge in [0, 0.05) is 26.2 Å². The summed E-state index contributed by atoms with van der Waals surface area (Å²) in [5, 5.41) is 3.41. The highest BCUT2D eigenvalue weighted by Crippen LogP contribution is 2.24. The van der Waals surface area contributed by atoms with E-state index in [2.05, 4.69) is 26.1 Å². The molecule has 0 aliphatic heterocycles. The Morgan fingerprint density at radius 1 is 1.32 bits per heavy atom. The van der Waals surface area contributed by atoms with Crippen LogP contribution in [0.25, 0.3) is 0 Å². The molecule has 3 heteroatoms. The molecule has 0 amide bonds. The van der Waals surface area contributed by atoms with Gasteiger partial charge in [0.2, 0.25) is 0 Å². The Morgan fingerprint density at radius 2 is 2.00 bits per heavy atom. The third-order valence-corrected chi connectivity index (χ3v) is 3.31. The summed E-state index contributed by atoms with van der Waals surface area (Å²) in [6, 6.07) is 6.23. The van der Waals surface area contributed by atoms with Crippen molar-refractivity contribution >= 4 is 5.69 Å². The fraction of sp³-hybridized carbons (Fsp3) is 0.625. The molecule has 2 rings (SSSR count). The number of nitrogens with one attached hydrogen (secondary N) is 1. The molecule has 1 N–H and O–H groups in total. The van der Waals surface area contributed by atoms with Gasteiger partial charge in [-0.1, -0.05) is 26.8 Å². The molecule has 1 fully saturated rings. The van der Waals surface area contributed by atoms with Crippen LogP contribution in [0.1, 0.15) is 39.2 Å². The standard InChI is InChI=1S/C16H25FN2/c1-16(2,3)11-19(4)15-8-5-12(9-14(15)17)10-18-13-6-7-13/h5,8-9,13,18H,6-7,10-11H2,1-4H3. The van der Waals surface area contributed by atoms with E-state index in [0.29, 0.717) is 11.7 Å². The first-order chi connectivity index (χ1) is 8.85. The van der Waals surface area contributed by atoms with E-state index in [4.69, 9.17) is 0 Å². The maximum Gasteiger partial charge on any atom is 0.146 e. The monoisotopic (exact) mass is 264 g/mol. The Hall–Kier alpha value is -1.09. The van der Waals surface area contributed by atoms with E-state index >= 15 is 0 Å². The number of rotatable bonds is 5. The number of benzene rings is 1. The molecule has 1 aromatic carbocycles. The van der Waals surface area contributed by atoms with Crippen LogP contribution in [0.15, 0.2) is 18.2 Å². The van der Waals surface area contributed by atoms with Gasteiger partial charge in [0.25, 0.3) is 0 Å². The maximum atomic E-state index is 14.1. The third-order valence-electron chi connectivity index (χ3n) is 3.31. The second kappa shape index (κ2) is 5.49. The average Bonchev–Trinajstić information content (AvgIpc) is 3.07. The Balaban J connectivity index is 2.00. The van der Waals surface area contributed by atoms with Crippen molar-refractivity contribution in [2.24, 2.45) is 5.41 Å². The van der Waals surface area contributed by atoms with Gasteiger partial charge in [-0.2, -0.15) is 0 Å². The lowest BCUT2D eigenvalue weighted by molar-refractivity contribution is 0.417. The molecular weight excluding hydrogens is 239 g/mol. The van der Waals surface area contributed by atoms with Gasteiger partial charge >= 0.3 is 0 Å². The van der Waals surface area contributed by atoms with Crippen molar-refractivity contribution in [2.75, 3.05) is 18.5 Å². The molecule has 19 heavy (non-hydrogen) atoms. The zero-order valence-electron chi connectivity index (χ0n) is 12.5. The zero-order chi connectivity index (χ0) is 14.0. The van der Waals surface area contributed by atoms with Crippen LogP contribution < -0.4 is 10.2 Å². The van der Waals surface area contributed by atoms with E-state index in [1.165, 1.54) is 12.8 Å². The SMILES string of the molecule is CN(CC(C)(C)C)c1ccc(CNC2CC2)cc1F. The molecular formula is C16H25FN2. The quantitative estimate of drug-likeness (QED) is 0.874. The van der Waals surface area contributed by atoms with Crippen LogP contribution in [-0.4, -0.2) is 19.6 Å². The van der Waals surface area contributed by atoms with Crippen LogP contribution in [0.3, 0.4) is 0 Å². The van der Waals surface area contributed by atoms with Crippen molar-refractivity contribution in [1.82, 2.24) is 5.32 Å². The molecule has 2 nitrogen and oxygen atoms in total. The minimum atomic E-state index is -0.123. The second-order valence-electron chi connectivity index (χ2n) is 6.86. The molecule has 0 unspecified atom stereocenters. The minimum absolute atomic E-state index is 0.123. The molecule has 0 heterocycles. The van der Waals surface area contributed by atoms with Crippen LogP contribution >= 0.6 is 0 Å². The van der Waals surface area contributed by atoms with Gasteiger partial charge < -0.3 is 10.2 Å². The van der Waals surface area contributed by atoms with E-state index in [-0.39, 0.29) is 11.2 Å². The van der Waals surface area contributed by atoms with E-state index < -0.39 is 0 Å². The van der Waals surface area contributed by atoms with Crippen LogP contribution in [0.4, 0.5) is 10.1 Å². The summed E-state index contributed by atoms with van der Waals surface area (Å²) < 4.78 is 14.1. The van der Waals surface area contributed by atoms with Crippen LogP contribution in [0.5, 0.6) is 0 Å². The Morgan fingerprint density at radius 3 is 2.53 bits per heavy atom. The van der Waals surface area contributed by atoms with Gasteiger partial charge in [0.05, 0.1) is 5.69 Å². The summed E-state index contributed by atoms with van der Waals surface area (Å²) >= 11 is 0. The predicted molar refractivity (Wildman–Crippen MR) is 79.0 cm³/mol. The van der Waals surface area contributed by atoms with Crippen molar-refractivity contribution in [3.05, 3.63) is 29.6 Å². The smallest absolute Gasteiger partial charge is 0.146 e. The van der Waals surface area contributed by atoms with E-state index in [9.17, 15) is 4.39 Å². The summed E-state index contributed by atoms with van der Waals surface area (Å²) in [7, 11) is 1.95. The Kier molecular flexibility index (Phi) is 4.14. The number of anilines is 1. The highest BCUT2D eigenvalue weighted by Gasteiger charge is 2.20.